The van der Waals surface area contributed by atoms with E-state index in [0.29, 0.717) is 11.5 Å². The summed E-state index contributed by atoms with van der Waals surface area (Å²) in [5, 5.41) is 0. The van der Waals surface area contributed by atoms with Crippen LogP contribution in [0.15, 0.2) is 42.6 Å². The number of nitrogens with zero attached hydrogens (tertiary/aromatic N) is 1. The molecule has 1 radical (unpaired) electrons. The normalized spacial score (nSPS) is 11.2. The molecule has 6 heteroatoms. The molecule has 0 saturated heterocycles. The lowest BCUT2D eigenvalue weighted by Gasteiger charge is -2.08. The molecule has 0 bridgehead atoms. The molecule has 2 rings (SSSR count). The lowest BCUT2D eigenvalue weighted by molar-refractivity contribution is -0.137. The van der Waals surface area contributed by atoms with Gasteiger partial charge in [-0.1, -0.05) is 0 Å². The Morgan fingerprint density at radius 1 is 1.00 bits per heavy atom. The average Bonchev–Trinajstić information content (AvgIpc) is 2.41. The Labute approximate surface area is 114 Å². The number of alkyl halides is 3. The topological polar surface area (TPSA) is 31.4 Å². The van der Waals surface area contributed by atoms with Crippen LogP contribution in [0.1, 0.15) is 12.5 Å². The molecule has 0 aliphatic heterocycles. The molecular formula is C14H11F3NO2. The molecule has 0 aliphatic carbocycles. The van der Waals surface area contributed by atoms with Gasteiger partial charge in [-0.3, -0.25) is 0 Å². The van der Waals surface area contributed by atoms with Crippen LogP contribution in [0.25, 0.3) is 0 Å². The van der Waals surface area contributed by atoms with E-state index in [-0.39, 0.29) is 5.88 Å². The largest absolute Gasteiger partial charge is 0.487 e. The Morgan fingerprint density at radius 3 is 2.15 bits per heavy atom. The number of aromatic nitrogens is 1. The maximum absolute atomic E-state index is 12.4. The van der Waals surface area contributed by atoms with Gasteiger partial charge in [-0.25, -0.2) is 4.98 Å². The molecule has 2 aromatic rings. The van der Waals surface area contributed by atoms with Gasteiger partial charge in [0.15, 0.2) is 0 Å². The van der Waals surface area contributed by atoms with E-state index in [1.807, 2.05) is 0 Å². The Hall–Kier alpha value is -2.24. The molecule has 3 nitrogen and oxygen atoms in total. The van der Waals surface area contributed by atoms with Crippen LogP contribution in [0.5, 0.6) is 17.4 Å². The smallest absolute Gasteiger partial charge is 0.417 e. The summed E-state index contributed by atoms with van der Waals surface area (Å²) in [4.78, 5) is 3.62. The van der Waals surface area contributed by atoms with Crippen LogP contribution in [0.4, 0.5) is 13.2 Å². The second kappa shape index (κ2) is 5.81. The predicted octanol–water partition coefficient (Wildman–Crippen LogP) is 4.45. The van der Waals surface area contributed by atoms with Crippen molar-refractivity contribution in [1.82, 2.24) is 4.98 Å². The van der Waals surface area contributed by atoms with E-state index >= 15 is 0 Å². The van der Waals surface area contributed by atoms with E-state index in [9.17, 15) is 13.2 Å². The molecule has 0 saturated carbocycles. The quantitative estimate of drug-likeness (QED) is 0.830. The number of benzene rings is 1. The molecule has 0 fully saturated rings. The second-order valence-corrected chi connectivity index (χ2v) is 3.81. The molecule has 0 unspecified atom stereocenters. The highest BCUT2D eigenvalue weighted by molar-refractivity contribution is 5.34. The number of rotatable bonds is 4. The first-order valence-corrected chi connectivity index (χ1v) is 5.74. The molecular weight excluding hydrogens is 271 g/mol. The fraction of sp³-hybridized carbons (Fsp3) is 0.143. The fourth-order valence-electron chi connectivity index (χ4n) is 1.45. The Kier molecular flexibility index (Phi) is 4.12. The summed E-state index contributed by atoms with van der Waals surface area (Å²) >= 11 is 0. The highest BCUT2D eigenvalue weighted by Gasteiger charge is 2.30. The summed E-state index contributed by atoms with van der Waals surface area (Å²) in [6, 6.07) is 8.73. The molecule has 1 aromatic carbocycles. The summed E-state index contributed by atoms with van der Waals surface area (Å²) < 4.78 is 47.6. The number of pyridine rings is 1. The van der Waals surface area contributed by atoms with Crippen molar-refractivity contribution in [1.29, 1.82) is 0 Å². The van der Waals surface area contributed by atoms with Crippen LogP contribution in [0, 0.1) is 6.61 Å². The summed E-state index contributed by atoms with van der Waals surface area (Å²) in [7, 11) is 0. The fourth-order valence-corrected chi connectivity index (χ4v) is 1.45. The van der Waals surface area contributed by atoms with Crippen molar-refractivity contribution in [3.05, 3.63) is 54.8 Å². The summed E-state index contributed by atoms with van der Waals surface area (Å²) in [5.41, 5.74) is -0.813. The van der Waals surface area contributed by atoms with Gasteiger partial charge in [0.05, 0.1) is 5.56 Å². The first-order valence-electron chi connectivity index (χ1n) is 5.74. The van der Waals surface area contributed by atoms with Crippen molar-refractivity contribution in [2.24, 2.45) is 0 Å². The SMILES string of the molecule is C[CH]Oc1ccc(Oc2ccc(C(F)(F)F)cn2)cc1. The zero-order valence-electron chi connectivity index (χ0n) is 10.5. The lowest BCUT2D eigenvalue weighted by atomic mass is 10.3. The van der Waals surface area contributed by atoms with E-state index in [1.54, 1.807) is 31.2 Å². The average molecular weight is 282 g/mol. The van der Waals surface area contributed by atoms with Crippen molar-refractivity contribution in [3.8, 4) is 17.4 Å². The number of ether oxygens (including phenoxy) is 2. The second-order valence-electron chi connectivity index (χ2n) is 3.81. The number of halogens is 3. The van der Waals surface area contributed by atoms with Gasteiger partial charge >= 0.3 is 6.18 Å². The van der Waals surface area contributed by atoms with Crippen LogP contribution >= 0.6 is 0 Å². The van der Waals surface area contributed by atoms with Gasteiger partial charge in [-0.15, -0.1) is 0 Å². The van der Waals surface area contributed by atoms with Crippen LogP contribution in [-0.2, 0) is 6.18 Å². The van der Waals surface area contributed by atoms with Crippen LogP contribution in [-0.4, -0.2) is 4.98 Å². The Bertz CT molecular complexity index is 550. The molecule has 105 valence electrons. The first kappa shape index (κ1) is 14.2. The zero-order valence-corrected chi connectivity index (χ0v) is 10.5. The molecule has 0 amide bonds. The van der Waals surface area contributed by atoms with E-state index in [1.165, 1.54) is 12.7 Å². The molecule has 20 heavy (non-hydrogen) atoms. The summed E-state index contributed by atoms with van der Waals surface area (Å²) in [6.07, 6.45) is -3.67. The van der Waals surface area contributed by atoms with Gasteiger partial charge in [-0.2, -0.15) is 13.2 Å². The molecule has 1 heterocycles. The number of hydrogen-bond acceptors (Lipinski definition) is 3. The monoisotopic (exact) mass is 282 g/mol. The van der Waals surface area contributed by atoms with E-state index in [4.69, 9.17) is 9.47 Å². The third-order valence-corrected chi connectivity index (χ3v) is 2.36. The Balaban J connectivity index is 2.06. The summed E-state index contributed by atoms with van der Waals surface area (Å²) in [5.74, 6) is 1.19. The third-order valence-electron chi connectivity index (χ3n) is 2.36. The van der Waals surface area contributed by atoms with Crippen LogP contribution in [0.2, 0.25) is 0 Å². The van der Waals surface area contributed by atoms with Crippen LogP contribution in [0.3, 0.4) is 0 Å². The van der Waals surface area contributed by atoms with Gasteiger partial charge in [0, 0.05) is 12.3 Å². The van der Waals surface area contributed by atoms with Crippen molar-refractivity contribution >= 4 is 0 Å². The molecule has 1 aromatic heterocycles. The van der Waals surface area contributed by atoms with E-state index in [0.717, 1.165) is 12.3 Å². The first-order chi connectivity index (χ1) is 9.49. The van der Waals surface area contributed by atoms with Crippen molar-refractivity contribution in [2.45, 2.75) is 13.1 Å². The minimum absolute atomic E-state index is 0.0914. The summed E-state index contributed by atoms with van der Waals surface area (Å²) in [6.45, 7) is 3.28. The van der Waals surface area contributed by atoms with E-state index in [2.05, 4.69) is 4.98 Å². The molecule has 0 N–H and O–H groups in total. The Morgan fingerprint density at radius 2 is 1.65 bits per heavy atom. The zero-order chi connectivity index (χ0) is 14.6. The van der Waals surface area contributed by atoms with Crippen molar-refractivity contribution < 1.29 is 22.6 Å². The van der Waals surface area contributed by atoms with Gasteiger partial charge in [0.1, 0.15) is 18.1 Å². The minimum atomic E-state index is -4.40. The maximum Gasteiger partial charge on any atom is 0.417 e. The maximum atomic E-state index is 12.4. The van der Waals surface area contributed by atoms with Gasteiger partial charge < -0.3 is 9.47 Å². The van der Waals surface area contributed by atoms with Gasteiger partial charge in [0.2, 0.25) is 5.88 Å². The molecule has 0 aliphatic rings. The molecule has 0 atom stereocenters. The lowest BCUT2D eigenvalue weighted by Crippen LogP contribution is -2.05. The molecule has 0 spiro atoms. The van der Waals surface area contributed by atoms with E-state index < -0.39 is 11.7 Å². The minimum Gasteiger partial charge on any atom is -0.487 e. The van der Waals surface area contributed by atoms with Crippen molar-refractivity contribution in [2.75, 3.05) is 0 Å². The van der Waals surface area contributed by atoms with Gasteiger partial charge in [-0.05, 0) is 37.3 Å². The predicted molar refractivity (Wildman–Crippen MR) is 66.4 cm³/mol. The van der Waals surface area contributed by atoms with Crippen molar-refractivity contribution in [3.63, 3.8) is 0 Å². The standard InChI is InChI=1S/C14H11F3NO2/c1-2-19-11-4-6-12(7-5-11)20-13-8-3-10(9-18-13)14(15,16)17/h2-9H,1H3. The number of hydrogen-bond donors (Lipinski definition) is 0. The van der Waals surface area contributed by atoms with Crippen LogP contribution < -0.4 is 9.47 Å². The highest BCUT2D eigenvalue weighted by atomic mass is 19.4. The highest BCUT2D eigenvalue weighted by Crippen LogP contribution is 2.30. The third kappa shape index (κ3) is 3.63. The van der Waals surface area contributed by atoms with Gasteiger partial charge in [0.25, 0.3) is 0 Å².